The topological polar surface area (TPSA) is 67.2 Å². The van der Waals surface area contributed by atoms with Gasteiger partial charge in [0.1, 0.15) is 5.82 Å². The minimum atomic E-state index is 0.00329. The molecule has 7 nitrogen and oxygen atoms in total. The fourth-order valence-corrected chi connectivity index (χ4v) is 5.87. The molecule has 0 saturated carbocycles. The minimum absolute atomic E-state index is 0.00329. The second-order valence-electron chi connectivity index (χ2n) is 10.9. The number of anilines is 2. The van der Waals surface area contributed by atoms with Crippen molar-refractivity contribution in [2.24, 2.45) is 11.3 Å². The van der Waals surface area contributed by atoms with Crippen LogP contribution in [-0.4, -0.2) is 45.7 Å². The Balaban J connectivity index is 1.28. The van der Waals surface area contributed by atoms with Crippen LogP contribution in [0.1, 0.15) is 37.9 Å². The maximum absolute atomic E-state index is 13.1. The summed E-state index contributed by atoms with van der Waals surface area (Å²) in [7, 11) is 0. The SMILES string of the molecule is CC1(C)CN(CC2Cc3ccc(N4CCCC4)nc3C2)c2nc(-c3ccncc3)cc(=O)n2C1. The smallest absolute Gasteiger partial charge is 0.255 e. The van der Waals surface area contributed by atoms with Gasteiger partial charge in [-0.3, -0.25) is 14.3 Å². The summed E-state index contributed by atoms with van der Waals surface area (Å²) in [4.78, 5) is 32.0. The van der Waals surface area contributed by atoms with Gasteiger partial charge in [-0.05, 0) is 55.4 Å². The van der Waals surface area contributed by atoms with Gasteiger partial charge in [0.05, 0.1) is 5.69 Å². The molecule has 6 rings (SSSR count). The highest BCUT2D eigenvalue weighted by atomic mass is 16.1. The summed E-state index contributed by atoms with van der Waals surface area (Å²) >= 11 is 0. The summed E-state index contributed by atoms with van der Waals surface area (Å²) in [5.74, 6) is 2.40. The highest BCUT2D eigenvalue weighted by molar-refractivity contribution is 5.60. The Hall–Kier alpha value is -3.22. The first-order valence-electron chi connectivity index (χ1n) is 12.5. The Morgan fingerprint density at radius 2 is 1.79 bits per heavy atom. The van der Waals surface area contributed by atoms with Crippen molar-refractivity contribution in [2.75, 3.05) is 36.0 Å². The molecule has 3 aromatic rings. The molecule has 0 spiro atoms. The normalized spacial score (nSPS) is 20.9. The Bertz CT molecular complexity index is 1260. The molecule has 0 bridgehead atoms. The minimum Gasteiger partial charge on any atom is -0.357 e. The molecule has 0 radical (unpaired) electrons. The van der Waals surface area contributed by atoms with Crippen molar-refractivity contribution < 1.29 is 0 Å². The molecular formula is C27H32N6O. The van der Waals surface area contributed by atoms with Gasteiger partial charge in [0.15, 0.2) is 0 Å². The number of nitrogens with zero attached hydrogens (tertiary/aromatic N) is 6. The van der Waals surface area contributed by atoms with Crippen LogP contribution in [0.3, 0.4) is 0 Å². The van der Waals surface area contributed by atoms with Crippen molar-refractivity contribution in [1.29, 1.82) is 0 Å². The van der Waals surface area contributed by atoms with Crippen LogP contribution in [0.25, 0.3) is 11.3 Å². The van der Waals surface area contributed by atoms with E-state index in [0.717, 1.165) is 62.0 Å². The molecular weight excluding hydrogens is 424 g/mol. The van der Waals surface area contributed by atoms with E-state index < -0.39 is 0 Å². The number of pyridine rings is 2. The second-order valence-corrected chi connectivity index (χ2v) is 10.9. The number of hydrogen-bond acceptors (Lipinski definition) is 6. The molecule has 1 unspecified atom stereocenters. The molecule has 5 heterocycles. The molecule has 1 saturated heterocycles. The third-order valence-corrected chi connectivity index (χ3v) is 7.41. The van der Waals surface area contributed by atoms with Gasteiger partial charge in [0.2, 0.25) is 5.95 Å². The summed E-state index contributed by atoms with van der Waals surface area (Å²) in [6, 6.07) is 9.97. The Kier molecular flexibility index (Phi) is 5.15. The predicted molar refractivity (Wildman–Crippen MR) is 134 cm³/mol. The lowest BCUT2D eigenvalue weighted by atomic mass is 9.90. The number of hydrogen-bond donors (Lipinski definition) is 0. The van der Waals surface area contributed by atoms with Crippen LogP contribution >= 0.6 is 0 Å². The molecule has 176 valence electrons. The lowest BCUT2D eigenvalue weighted by Crippen LogP contribution is -2.49. The van der Waals surface area contributed by atoms with Gasteiger partial charge in [-0.15, -0.1) is 0 Å². The molecule has 3 aliphatic rings. The van der Waals surface area contributed by atoms with E-state index in [2.05, 4.69) is 40.8 Å². The van der Waals surface area contributed by atoms with Gasteiger partial charge in [-0.1, -0.05) is 19.9 Å². The van der Waals surface area contributed by atoms with Crippen LogP contribution in [0.4, 0.5) is 11.8 Å². The van der Waals surface area contributed by atoms with Crippen molar-refractivity contribution in [2.45, 2.75) is 46.1 Å². The van der Waals surface area contributed by atoms with Crippen molar-refractivity contribution >= 4 is 11.8 Å². The molecule has 3 aromatic heterocycles. The van der Waals surface area contributed by atoms with Gasteiger partial charge >= 0.3 is 0 Å². The van der Waals surface area contributed by atoms with E-state index in [0.29, 0.717) is 12.5 Å². The molecule has 0 aromatic carbocycles. The van der Waals surface area contributed by atoms with Crippen molar-refractivity contribution in [3.8, 4) is 11.3 Å². The largest absolute Gasteiger partial charge is 0.357 e. The second kappa shape index (κ2) is 8.22. The van der Waals surface area contributed by atoms with Gasteiger partial charge < -0.3 is 9.80 Å². The first-order valence-corrected chi connectivity index (χ1v) is 12.5. The Labute approximate surface area is 200 Å². The fourth-order valence-electron chi connectivity index (χ4n) is 5.87. The standard InChI is InChI=1S/C27H32N6O/c1-27(2)17-32(26-30-23(15-25(34)33(26)18-27)20-7-9-28-10-8-20)16-19-13-21-5-6-24(29-22(21)14-19)31-11-3-4-12-31/h5-10,15,19H,3-4,11-14,16-18H2,1-2H3. The quantitative estimate of drug-likeness (QED) is 0.598. The molecule has 0 amide bonds. The van der Waals surface area contributed by atoms with Crippen molar-refractivity contribution in [3.05, 3.63) is 64.3 Å². The summed E-state index contributed by atoms with van der Waals surface area (Å²) < 4.78 is 1.86. The molecule has 0 N–H and O–H groups in total. The third-order valence-electron chi connectivity index (χ3n) is 7.41. The highest BCUT2D eigenvalue weighted by Gasteiger charge is 2.35. The lowest BCUT2D eigenvalue weighted by Gasteiger charge is -2.41. The zero-order chi connectivity index (χ0) is 23.3. The molecule has 1 aliphatic carbocycles. The predicted octanol–water partition coefficient (Wildman–Crippen LogP) is 3.56. The first-order chi connectivity index (χ1) is 16.4. The van der Waals surface area contributed by atoms with E-state index in [1.165, 1.54) is 24.1 Å². The van der Waals surface area contributed by atoms with Crippen molar-refractivity contribution in [3.63, 3.8) is 0 Å². The highest BCUT2D eigenvalue weighted by Crippen LogP contribution is 2.34. The third kappa shape index (κ3) is 3.97. The molecule has 7 heteroatoms. The van der Waals surface area contributed by atoms with Gasteiger partial charge in [0, 0.05) is 67.9 Å². The molecule has 34 heavy (non-hydrogen) atoms. The van der Waals surface area contributed by atoms with Crippen LogP contribution in [0, 0.1) is 11.3 Å². The van der Waals surface area contributed by atoms with E-state index in [-0.39, 0.29) is 11.0 Å². The van der Waals surface area contributed by atoms with Crippen molar-refractivity contribution in [1.82, 2.24) is 19.5 Å². The average Bonchev–Trinajstić information content (AvgIpc) is 3.49. The summed E-state index contributed by atoms with van der Waals surface area (Å²) in [6.45, 7) is 9.17. The zero-order valence-electron chi connectivity index (χ0n) is 20.1. The monoisotopic (exact) mass is 456 g/mol. The molecule has 1 atom stereocenters. The number of fused-ring (bicyclic) bond motifs is 2. The maximum Gasteiger partial charge on any atom is 0.255 e. The summed E-state index contributed by atoms with van der Waals surface area (Å²) in [5.41, 5.74) is 4.29. The van der Waals surface area contributed by atoms with E-state index in [1.807, 2.05) is 16.7 Å². The molecule has 2 aliphatic heterocycles. The summed E-state index contributed by atoms with van der Waals surface area (Å²) in [6.07, 6.45) is 8.04. The Morgan fingerprint density at radius 1 is 1.00 bits per heavy atom. The molecule has 1 fully saturated rings. The van der Waals surface area contributed by atoms with Crippen LogP contribution in [0.2, 0.25) is 0 Å². The van der Waals surface area contributed by atoms with E-state index >= 15 is 0 Å². The summed E-state index contributed by atoms with van der Waals surface area (Å²) in [5, 5.41) is 0. The van der Waals surface area contributed by atoms with Crippen LogP contribution in [-0.2, 0) is 19.4 Å². The van der Waals surface area contributed by atoms with Crippen LogP contribution < -0.4 is 15.4 Å². The zero-order valence-corrected chi connectivity index (χ0v) is 20.1. The van der Waals surface area contributed by atoms with Gasteiger partial charge in [0.25, 0.3) is 5.56 Å². The van der Waals surface area contributed by atoms with Gasteiger partial charge in [-0.25, -0.2) is 9.97 Å². The van der Waals surface area contributed by atoms with E-state index in [4.69, 9.17) is 9.97 Å². The number of rotatable bonds is 4. The van der Waals surface area contributed by atoms with Crippen LogP contribution in [0.5, 0.6) is 0 Å². The van der Waals surface area contributed by atoms with Crippen LogP contribution in [0.15, 0.2) is 47.5 Å². The fraction of sp³-hybridized carbons (Fsp3) is 0.481. The Morgan fingerprint density at radius 3 is 2.59 bits per heavy atom. The average molecular weight is 457 g/mol. The van der Waals surface area contributed by atoms with E-state index in [9.17, 15) is 4.79 Å². The van der Waals surface area contributed by atoms with Gasteiger partial charge in [-0.2, -0.15) is 0 Å². The number of aromatic nitrogens is 4. The van der Waals surface area contributed by atoms with E-state index in [1.54, 1.807) is 18.5 Å². The maximum atomic E-state index is 13.1. The first kappa shape index (κ1) is 21.3. The lowest BCUT2D eigenvalue weighted by molar-refractivity contribution is 0.268.